The molecule has 4 heterocycles. The Morgan fingerprint density at radius 1 is 1.06 bits per heavy atom. The summed E-state index contributed by atoms with van der Waals surface area (Å²) in [6.07, 6.45) is 6.29. The molecule has 1 aromatic rings. The normalized spacial score (nSPS) is 24.2. The van der Waals surface area contributed by atoms with E-state index in [2.05, 4.69) is 10.1 Å². The molecule has 0 radical (unpaired) electrons. The van der Waals surface area contributed by atoms with Crippen molar-refractivity contribution in [1.82, 2.24) is 19.4 Å². The number of carbonyl (C=O) groups excluding carboxylic acids is 1. The van der Waals surface area contributed by atoms with Crippen molar-refractivity contribution in [2.75, 3.05) is 50.9 Å². The predicted molar refractivity (Wildman–Crippen MR) is 123 cm³/mol. The molecule has 32 heavy (non-hydrogen) atoms. The number of ether oxygens (including phenoxy) is 1. The molecule has 0 saturated carbocycles. The molecule has 0 atom stereocenters. The van der Waals surface area contributed by atoms with Crippen LogP contribution < -0.4 is 15.2 Å². The second-order valence-electron chi connectivity index (χ2n) is 7.79. The second-order valence-corrected chi connectivity index (χ2v) is 9.98. The van der Waals surface area contributed by atoms with Crippen molar-refractivity contribution in [3.63, 3.8) is 0 Å². The van der Waals surface area contributed by atoms with Gasteiger partial charge in [0.15, 0.2) is 0 Å². The number of hydrogen-bond acceptors (Lipinski definition) is 6. The van der Waals surface area contributed by atoms with E-state index in [-0.39, 0.29) is 12.5 Å². The molecule has 1 amide bonds. The first kappa shape index (κ1) is 23.1. The highest BCUT2D eigenvalue weighted by atomic mass is 35.5. The Morgan fingerprint density at radius 2 is 1.88 bits per heavy atom. The fourth-order valence-corrected chi connectivity index (χ4v) is 5.26. The van der Waals surface area contributed by atoms with Crippen LogP contribution in [0, 0.1) is 0 Å². The minimum absolute atomic E-state index is 0.284. The first-order valence-electron chi connectivity index (χ1n) is 10.8. The van der Waals surface area contributed by atoms with Crippen molar-refractivity contribution < 1.29 is 17.9 Å². The quantitative estimate of drug-likeness (QED) is 0.592. The van der Waals surface area contributed by atoms with E-state index in [0.29, 0.717) is 55.8 Å². The SMILES string of the molecule is O=C1C2=C(CNN1c1cccc(Cl)c1)N1CCN(CC1)S(=O)(=O)NC/C=C/CCCCO2. The molecule has 5 rings (SSSR count). The van der Waals surface area contributed by atoms with Crippen LogP contribution in [-0.2, 0) is 19.7 Å². The molecular weight excluding hydrogens is 454 g/mol. The van der Waals surface area contributed by atoms with Gasteiger partial charge in [0.25, 0.3) is 10.2 Å². The molecule has 11 heteroatoms. The number of nitrogens with one attached hydrogen (secondary N) is 2. The first-order chi connectivity index (χ1) is 15.5. The third-order valence-corrected chi connectivity index (χ3v) is 7.46. The van der Waals surface area contributed by atoms with Crippen molar-refractivity contribution in [1.29, 1.82) is 0 Å². The number of hydrogen-bond donors (Lipinski definition) is 2. The minimum atomic E-state index is -3.53. The number of halogens is 1. The summed E-state index contributed by atoms with van der Waals surface area (Å²) in [6.45, 7) is 2.74. The number of piperazine rings is 1. The maximum atomic E-state index is 13.4. The first-order valence-corrected chi connectivity index (χ1v) is 12.6. The summed E-state index contributed by atoms with van der Waals surface area (Å²) in [5, 5.41) is 1.99. The number of anilines is 1. The smallest absolute Gasteiger partial charge is 0.309 e. The Bertz CT molecular complexity index is 1010. The van der Waals surface area contributed by atoms with Crippen LogP contribution in [0.2, 0.25) is 5.02 Å². The van der Waals surface area contributed by atoms with Crippen LogP contribution in [0.4, 0.5) is 5.69 Å². The molecule has 0 unspecified atom stereocenters. The molecule has 9 nitrogen and oxygen atoms in total. The number of amides is 1. The number of nitrogens with zero attached hydrogens (tertiary/aromatic N) is 3. The lowest BCUT2D eigenvalue weighted by atomic mass is 10.2. The van der Waals surface area contributed by atoms with Gasteiger partial charge >= 0.3 is 5.91 Å². The minimum Gasteiger partial charge on any atom is -0.486 e. The van der Waals surface area contributed by atoms with Gasteiger partial charge in [-0.05, 0) is 37.5 Å². The number of hydrazine groups is 1. The zero-order valence-corrected chi connectivity index (χ0v) is 19.4. The summed E-state index contributed by atoms with van der Waals surface area (Å²) in [7, 11) is -3.53. The van der Waals surface area contributed by atoms with E-state index in [4.69, 9.17) is 16.3 Å². The Morgan fingerprint density at radius 3 is 2.66 bits per heavy atom. The van der Waals surface area contributed by atoms with E-state index in [1.165, 1.54) is 9.31 Å². The van der Waals surface area contributed by atoms with Gasteiger partial charge in [0, 0.05) is 37.7 Å². The Hall–Kier alpha value is -2.11. The highest BCUT2D eigenvalue weighted by Gasteiger charge is 2.35. The lowest BCUT2D eigenvalue weighted by Gasteiger charge is -2.40. The fourth-order valence-electron chi connectivity index (χ4n) is 3.94. The molecule has 2 N–H and O–H groups in total. The number of benzene rings is 1. The van der Waals surface area contributed by atoms with Crippen molar-refractivity contribution >= 4 is 33.4 Å². The molecule has 1 saturated heterocycles. The third kappa shape index (κ3) is 5.26. The van der Waals surface area contributed by atoms with Crippen LogP contribution in [0.5, 0.6) is 0 Å². The predicted octanol–water partition coefficient (Wildman–Crippen LogP) is 1.61. The highest BCUT2D eigenvalue weighted by Crippen LogP contribution is 2.26. The summed E-state index contributed by atoms with van der Waals surface area (Å²) in [6, 6.07) is 7.07. The molecule has 174 valence electrons. The van der Waals surface area contributed by atoms with Crippen molar-refractivity contribution in [3.05, 3.63) is 52.9 Å². The molecule has 1 aromatic carbocycles. The average Bonchev–Trinajstić information content (AvgIpc) is 2.78. The van der Waals surface area contributed by atoms with Gasteiger partial charge in [-0.1, -0.05) is 29.8 Å². The zero-order chi connectivity index (χ0) is 22.6. The number of fused-ring (bicyclic) bond motifs is 10. The van der Waals surface area contributed by atoms with E-state index in [1.807, 2.05) is 17.1 Å². The zero-order valence-electron chi connectivity index (χ0n) is 17.8. The molecule has 1 fully saturated rings. The fraction of sp³-hybridized carbons (Fsp3) is 0.476. The summed E-state index contributed by atoms with van der Waals surface area (Å²) in [4.78, 5) is 15.4. The lowest BCUT2D eigenvalue weighted by molar-refractivity contribution is -0.120. The van der Waals surface area contributed by atoms with E-state index in [9.17, 15) is 13.2 Å². The van der Waals surface area contributed by atoms with Gasteiger partial charge in [0.05, 0.1) is 24.5 Å². The monoisotopic (exact) mass is 481 g/mol. The van der Waals surface area contributed by atoms with Crippen LogP contribution in [-0.4, -0.2) is 69.4 Å². The molecule has 0 spiro atoms. The van der Waals surface area contributed by atoms with Crippen LogP contribution in [0.3, 0.4) is 0 Å². The number of rotatable bonds is 1. The topological polar surface area (TPSA) is 94.2 Å². The van der Waals surface area contributed by atoms with Crippen LogP contribution in [0.15, 0.2) is 47.9 Å². The summed E-state index contributed by atoms with van der Waals surface area (Å²) in [5.41, 5.74) is 4.55. The molecule has 0 aromatic heterocycles. The Labute approximate surface area is 193 Å². The highest BCUT2D eigenvalue weighted by molar-refractivity contribution is 7.87. The van der Waals surface area contributed by atoms with Crippen molar-refractivity contribution in [3.8, 4) is 0 Å². The summed E-state index contributed by atoms with van der Waals surface area (Å²) >= 11 is 6.12. The summed E-state index contributed by atoms with van der Waals surface area (Å²) < 4.78 is 35.2. The Kier molecular flexibility index (Phi) is 7.37. The van der Waals surface area contributed by atoms with E-state index < -0.39 is 10.2 Å². The van der Waals surface area contributed by atoms with Crippen molar-refractivity contribution in [2.24, 2.45) is 0 Å². The molecular formula is C21H28ClN5O4S. The standard InChI is InChI=1S/C21H28ClN5O4S/c22-17-7-6-8-18(15-17)27-21(28)20-19(16-23-27)25-10-12-26(13-11-25)32(29,30)24-9-4-2-1-3-5-14-31-20/h2,4,6-8,15,23-24H,1,3,5,9-14,16H2/b4-2+. The Balaban J connectivity index is 1.59. The van der Waals surface area contributed by atoms with Gasteiger partial charge < -0.3 is 9.64 Å². The lowest BCUT2D eigenvalue weighted by Crippen LogP contribution is -2.56. The van der Waals surface area contributed by atoms with E-state index in [0.717, 1.165) is 25.0 Å². The van der Waals surface area contributed by atoms with Crippen molar-refractivity contribution in [2.45, 2.75) is 19.3 Å². The van der Waals surface area contributed by atoms with Gasteiger partial charge in [-0.15, -0.1) is 0 Å². The maximum Gasteiger partial charge on any atom is 0.309 e. The van der Waals surface area contributed by atoms with Gasteiger partial charge in [-0.3, -0.25) is 4.79 Å². The van der Waals surface area contributed by atoms with E-state index >= 15 is 0 Å². The molecule has 4 aliphatic rings. The van der Waals surface area contributed by atoms with Gasteiger partial charge in [0.1, 0.15) is 0 Å². The van der Waals surface area contributed by atoms with Gasteiger partial charge in [-0.25, -0.2) is 10.4 Å². The third-order valence-electron chi connectivity index (χ3n) is 5.65. The van der Waals surface area contributed by atoms with Crippen LogP contribution in [0.25, 0.3) is 0 Å². The van der Waals surface area contributed by atoms with Gasteiger partial charge in [0.2, 0.25) is 5.76 Å². The second kappa shape index (κ2) is 10.2. The van der Waals surface area contributed by atoms with E-state index in [1.54, 1.807) is 24.3 Å². The molecule has 2 bridgehead atoms. The maximum absolute atomic E-state index is 13.4. The largest absolute Gasteiger partial charge is 0.486 e. The van der Waals surface area contributed by atoms with Crippen LogP contribution in [0.1, 0.15) is 19.3 Å². The number of carbonyl (C=O) groups is 1. The molecule has 0 aliphatic carbocycles. The summed E-state index contributed by atoms with van der Waals surface area (Å²) in [5.74, 6) is 0.0204. The molecule has 4 aliphatic heterocycles. The van der Waals surface area contributed by atoms with Gasteiger partial charge in [-0.2, -0.15) is 17.4 Å². The van der Waals surface area contributed by atoms with Crippen LogP contribution >= 0.6 is 11.6 Å². The number of allylic oxidation sites excluding steroid dienone is 1. The average molecular weight is 482 g/mol.